The first kappa shape index (κ1) is 21.0. The van der Waals surface area contributed by atoms with Gasteiger partial charge in [0.15, 0.2) is 11.5 Å². The smallest absolute Gasteiger partial charge is 0.331 e. The number of hydrogen-bond acceptors (Lipinski definition) is 6. The summed E-state index contributed by atoms with van der Waals surface area (Å²) in [5, 5.41) is 10.9. The molecule has 1 unspecified atom stereocenters. The predicted octanol–water partition coefficient (Wildman–Crippen LogP) is 3.90. The Balaban J connectivity index is 1.88. The summed E-state index contributed by atoms with van der Waals surface area (Å²) in [5.41, 5.74) is -0.497. The van der Waals surface area contributed by atoms with Crippen molar-refractivity contribution in [2.45, 2.75) is 44.9 Å². The first-order valence-electron chi connectivity index (χ1n) is 10.8. The van der Waals surface area contributed by atoms with Crippen LogP contribution in [0.2, 0.25) is 0 Å². The molecule has 7 nitrogen and oxygen atoms in total. The second-order valence-corrected chi connectivity index (χ2v) is 7.73. The zero-order chi connectivity index (χ0) is 22.0. The van der Waals surface area contributed by atoms with Gasteiger partial charge in [0.2, 0.25) is 12.2 Å². The molecule has 1 amide bonds. The molecule has 1 atom stereocenters. The van der Waals surface area contributed by atoms with E-state index in [4.69, 9.17) is 14.2 Å². The molecule has 1 N–H and O–H groups in total. The predicted molar refractivity (Wildman–Crippen MR) is 115 cm³/mol. The van der Waals surface area contributed by atoms with Gasteiger partial charge in [-0.3, -0.25) is 9.59 Å². The molecule has 0 fully saturated rings. The Hall–Kier alpha value is -3.22. The summed E-state index contributed by atoms with van der Waals surface area (Å²) in [6.07, 6.45) is 3.97. The van der Waals surface area contributed by atoms with Crippen molar-refractivity contribution in [1.29, 1.82) is 0 Å². The number of unbranched alkanes of at least 4 members (excludes halogenated alkanes) is 3. The lowest BCUT2D eigenvalue weighted by Gasteiger charge is -2.28. The Morgan fingerprint density at radius 1 is 1.10 bits per heavy atom. The van der Waals surface area contributed by atoms with E-state index < -0.39 is 17.3 Å². The van der Waals surface area contributed by atoms with Gasteiger partial charge < -0.3 is 24.2 Å². The van der Waals surface area contributed by atoms with E-state index in [1.807, 2.05) is 12.1 Å². The molecular weight excluding hydrogens is 398 g/mol. The van der Waals surface area contributed by atoms with E-state index in [2.05, 4.69) is 6.92 Å². The first-order valence-corrected chi connectivity index (χ1v) is 10.8. The van der Waals surface area contributed by atoms with Crippen LogP contribution in [0.4, 0.5) is 5.69 Å². The Morgan fingerprint density at radius 3 is 2.58 bits per heavy atom. The van der Waals surface area contributed by atoms with Gasteiger partial charge in [0.25, 0.3) is 5.91 Å². The number of carbonyl (C=O) groups excluding carboxylic acids is 2. The van der Waals surface area contributed by atoms with Gasteiger partial charge in [-0.1, -0.05) is 44.4 Å². The van der Waals surface area contributed by atoms with Gasteiger partial charge >= 0.3 is 5.97 Å². The average molecular weight is 425 g/mol. The van der Waals surface area contributed by atoms with Gasteiger partial charge in [-0.25, -0.2) is 0 Å². The molecular formula is C24H27NO6. The average Bonchev–Trinajstić information content (AvgIpc) is 3.31. The lowest BCUT2D eigenvalue weighted by molar-refractivity contribution is -0.151. The Kier molecular flexibility index (Phi) is 5.76. The Bertz CT molecular complexity index is 1000. The van der Waals surface area contributed by atoms with Crippen molar-refractivity contribution in [1.82, 2.24) is 0 Å². The number of benzene rings is 2. The minimum absolute atomic E-state index is 0.0126. The molecule has 2 aliphatic heterocycles. The number of hydrogen-bond donors (Lipinski definition) is 1. The van der Waals surface area contributed by atoms with E-state index >= 15 is 0 Å². The standard InChI is InChI=1S/C24H27NO6/c1-3-5-6-9-12-25-18-11-8-7-10-16(18)24(22(25)27,23(28)29-4-2)17-13-20-21(14-19(17)26)31-15-30-20/h7-8,10-11,13-14,26H,3-6,9,12,15H2,1-2H3. The van der Waals surface area contributed by atoms with E-state index in [9.17, 15) is 14.7 Å². The molecule has 0 radical (unpaired) electrons. The van der Waals surface area contributed by atoms with E-state index in [0.29, 0.717) is 29.3 Å². The second kappa shape index (κ2) is 8.49. The fourth-order valence-electron chi connectivity index (χ4n) is 4.41. The monoisotopic (exact) mass is 425 g/mol. The number of rotatable bonds is 8. The fourth-order valence-corrected chi connectivity index (χ4v) is 4.41. The van der Waals surface area contributed by atoms with Crippen LogP contribution in [-0.4, -0.2) is 36.9 Å². The van der Waals surface area contributed by atoms with Crippen LogP contribution in [0, 0.1) is 0 Å². The topological polar surface area (TPSA) is 85.3 Å². The largest absolute Gasteiger partial charge is 0.507 e. The number of fused-ring (bicyclic) bond motifs is 2. The SMILES string of the molecule is CCCCCCN1C(=O)C(C(=O)OCC)(c2cc3c(cc2O)OCO3)c2ccccc21. The van der Waals surface area contributed by atoms with Crippen molar-refractivity contribution in [3.8, 4) is 17.2 Å². The fraction of sp³-hybridized carbons (Fsp3) is 0.417. The van der Waals surface area contributed by atoms with Crippen molar-refractivity contribution in [2.24, 2.45) is 0 Å². The zero-order valence-electron chi connectivity index (χ0n) is 17.8. The number of carbonyl (C=O) groups is 2. The number of aromatic hydroxyl groups is 1. The summed E-state index contributed by atoms with van der Waals surface area (Å²) in [5.74, 6) is -0.595. The minimum atomic E-state index is -1.80. The summed E-state index contributed by atoms with van der Waals surface area (Å²) < 4.78 is 16.2. The first-order chi connectivity index (χ1) is 15.1. The van der Waals surface area contributed by atoms with E-state index in [1.165, 1.54) is 12.1 Å². The molecule has 31 heavy (non-hydrogen) atoms. The molecule has 7 heteroatoms. The van der Waals surface area contributed by atoms with Crippen molar-refractivity contribution < 1.29 is 28.9 Å². The highest BCUT2D eigenvalue weighted by molar-refractivity contribution is 6.23. The highest BCUT2D eigenvalue weighted by atomic mass is 16.7. The van der Waals surface area contributed by atoms with E-state index in [1.54, 1.807) is 24.0 Å². The van der Waals surface area contributed by atoms with Gasteiger partial charge in [-0.2, -0.15) is 0 Å². The van der Waals surface area contributed by atoms with Crippen molar-refractivity contribution in [2.75, 3.05) is 24.8 Å². The number of ether oxygens (including phenoxy) is 3. The normalized spacial score (nSPS) is 18.9. The lowest BCUT2D eigenvalue weighted by Crippen LogP contribution is -2.48. The molecule has 0 spiro atoms. The maximum absolute atomic E-state index is 14.0. The highest BCUT2D eigenvalue weighted by Gasteiger charge is 2.60. The van der Waals surface area contributed by atoms with Crippen LogP contribution in [0.25, 0.3) is 0 Å². The van der Waals surface area contributed by atoms with Gasteiger partial charge in [0.05, 0.1) is 6.61 Å². The number of anilines is 1. The summed E-state index contributed by atoms with van der Waals surface area (Å²) in [6.45, 7) is 4.43. The quantitative estimate of drug-likeness (QED) is 0.392. The van der Waals surface area contributed by atoms with Crippen LogP contribution in [0.1, 0.15) is 50.7 Å². The van der Waals surface area contributed by atoms with Crippen molar-refractivity contribution in [3.05, 3.63) is 47.5 Å². The third kappa shape index (κ3) is 3.28. The summed E-state index contributed by atoms with van der Waals surface area (Å²) >= 11 is 0. The molecule has 2 aliphatic rings. The Morgan fingerprint density at radius 2 is 1.84 bits per heavy atom. The number of amides is 1. The van der Waals surface area contributed by atoms with Gasteiger partial charge in [-0.15, -0.1) is 0 Å². The molecule has 0 saturated heterocycles. The van der Waals surface area contributed by atoms with E-state index in [-0.39, 0.29) is 24.7 Å². The van der Waals surface area contributed by atoms with E-state index in [0.717, 1.165) is 25.7 Å². The molecule has 0 saturated carbocycles. The lowest BCUT2D eigenvalue weighted by atomic mass is 9.74. The van der Waals surface area contributed by atoms with Crippen LogP contribution < -0.4 is 14.4 Å². The molecule has 2 heterocycles. The van der Waals surface area contributed by atoms with Crippen LogP contribution in [0.3, 0.4) is 0 Å². The number of esters is 1. The van der Waals surface area contributed by atoms with Gasteiger partial charge in [0.1, 0.15) is 5.75 Å². The number of phenols is 1. The zero-order valence-corrected chi connectivity index (χ0v) is 17.8. The van der Waals surface area contributed by atoms with Gasteiger partial charge in [-0.05, 0) is 25.5 Å². The third-order valence-electron chi connectivity index (χ3n) is 5.88. The van der Waals surface area contributed by atoms with Crippen LogP contribution in [0.15, 0.2) is 36.4 Å². The molecule has 0 aliphatic carbocycles. The number of nitrogens with zero attached hydrogens (tertiary/aromatic N) is 1. The summed E-state index contributed by atoms with van der Waals surface area (Å²) in [7, 11) is 0. The van der Waals surface area contributed by atoms with Crippen molar-refractivity contribution >= 4 is 17.6 Å². The van der Waals surface area contributed by atoms with Crippen molar-refractivity contribution in [3.63, 3.8) is 0 Å². The molecule has 2 aromatic rings. The molecule has 0 aromatic heterocycles. The number of phenolic OH excluding ortho intramolecular Hbond substituents is 1. The molecule has 2 aromatic carbocycles. The maximum atomic E-state index is 14.0. The second-order valence-electron chi connectivity index (χ2n) is 7.73. The number of para-hydroxylation sites is 1. The highest BCUT2D eigenvalue weighted by Crippen LogP contribution is 2.52. The Labute approximate surface area is 181 Å². The van der Waals surface area contributed by atoms with Crippen LogP contribution in [-0.2, 0) is 19.7 Å². The third-order valence-corrected chi connectivity index (χ3v) is 5.88. The molecule has 164 valence electrons. The molecule has 0 bridgehead atoms. The maximum Gasteiger partial charge on any atom is 0.331 e. The summed E-state index contributed by atoms with van der Waals surface area (Å²) in [6, 6.07) is 10.1. The summed E-state index contributed by atoms with van der Waals surface area (Å²) in [4.78, 5) is 29.1. The van der Waals surface area contributed by atoms with Crippen LogP contribution >= 0.6 is 0 Å². The molecule has 4 rings (SSSR count). The minimum Gasteiger partial charge on any atom is -0.507 e. The van der Waals surface area contributed by atoms with Gasteiger partial charge in [0, 0.05) is 29.4 Å². The van der Waals surface area contributed by atoms with Crippen LogP contribution in [0.5, 0.6) is 17.2 Å².